The van der Waals surface area contributed by atoms with Gasteiger partial charge in [0.15, 0.2) is 0 Å². The lowest BCUT2D eigenvalue weighted by Gasteiger charge is -2.12. The lowest BCUT2D eigenvalue weighted by molar-refractivity contribution is 0.0828. The van der Waals surface area contributed by atoms with Gasteiger partial charge in [-0.2, -0.15) is 0 Å². The quantitative estimate of drug-likeness (QED) is 0.863. The number of carbonyl (C=O) groups excluding carboxylic acids is 1. The molecule has 0 spiro atoms. The molecule has 0 unspecified atom stereocenters. The van der Waals surface area contributed by atoms with Crippen LogP contribution in [0.4, 0.5) is 0 Å². The van der Waals surface area contributed by atoms with Gasteiger partial charge in [0, 0.05) is 25.9 Å². The Morgan fingerprint density at radius 1 is 1.25 bits per heavy atom. The predicted octanol–water partition coefficient (Wildman–Crippen LogP) is 3.67. The van der Waals surface area contributed by atoms with Gasteiger partial charge in [-0.25, -0.2) is 0 Å². The van der Waals surface area contributed by atoms with Crippen LogP contribution in [0.3, 0.4) is 0 Å². The molecule has 1 aromatic carbocycles. The van der Waals surface area contributed by atoms with Crippen LogP contribution in [0.1, 0.15) is 22.8 Å². The molecule has 0 N–H and O–H groups in total. The first-order valence-electron chi connectivity index (χ1n) is 6.49. The largest absolute Gasteiger partial charge is 0.345 e. The van der Waals surface area contributed by atoms with E-state index in [4.69, 9.17) is 11.6 Å². The zero-order chi connectivity index (χ0) is 14.7. The van der Waals surface area contributed by atoms with E-state index in [1.54, 1.807) is 26.2 Å². The molecular formula is C16H17ClN2O. The van der Waals surface area contributed by atoms with E-state index in [1.807, 2.05) is 18.3 Å². The Balaban J connectivity index is 2.35. The van der Waals surface area contributed by atoms with Crippen molar-refractivity contribution in [3.63, 3.8) is 0 Å². The van der Waals surface area contributed by atoms with Crippen LogP contribution in [-0.4, -0.2) is 29.9 Å². The van der Waals surface area contributed by atoms with E-state index >= 15 is 0 Å². The Bertz CT molecular complexity index is 621. The number of pyridine rings is 1. The second-order valence-corrected chi connectivity index (χ2v) is 5.21. The fourth-order valence-electron chi connectivity index (χ4n) is 1.89. The van der Waals surface area contributed by atoms with E-state index in [0.717, 1.165) is 17.7 Å². The Morgan fingerprint density at radius 3 is 2.50 bits per heavy atom. The van der Waals surface area contributed by atoms with E-state index < -0.39 is 0 Å². The summed E-state index contributed by atoms with van der Waals surface area (Å²) in [6, 6.07) is 9.42. The number of nitrogens with zero attached hydrogens (tertiary/aromatic N) is 2. The maximum absolute atomic E-state index is 11.9. The first-order chi connectivity index (χ1) is 9.52. The van der Waals surface area contributed by atoms with Gasteiger partial charge in [-0.1, -0.05) is 30.7 Å². The zero-order valence-corrected chi connectivity index (χ0v) is 12.6. The molecule has 0 aliphatic carbocycles. The molecule has 0 aliphatic rings. The van der Waals surface area contributed by atoms with Gasteiger partial charge in [-0.05, 0) is 30.2 Å². The average Bonchev–Trinajstić information content (AvgIpc) is 2.46. The molecule has 0 radical (unpaired) electrons. The van der Waals surface area contributed by atoms with Gasteiger partial charge in [-0.3, -0.25) is 9.78 Å². The summed E-state index contributed by atoms with van der Waals surface area (Å²) in [6.45, 7) is 2.09. The molecule has 1 heterocycles. The highest BCUT2D eigenvalue weighted by molar-refractivity contribution is 6.34. The number of aromatic nitrogens is 1. The van der Waals surface area contributed by atoms with E-state index in [0.29, 0.717) is 10.6 Å². The van der Waals surface area contributed by atoms with Crippen LogP contribution >= 0.6 is 11.6 Å². The van der Waals surface area contributed by atoms with Crippen molar-refractivity contribution in [2.24, 2.45) is 0 Å². The Morgan fingerprint density at radius 2 is 2.00 bits per heavy atom. The predicted molar refractivity (Wildman–Crippen MR) is 82.1 cm³/mol. The van der Waals surface area contributed by atoms with E-state index in [2.05, 4.69) is 18.0 Å². The summed E-state index contributed by atoms with van der Waals surface area (Å²) in [4.78, 5) is 17.8. The minimum atomic E-state index is -0.101. The first-order valence-corrected chi connectivity index (χ1v) is 6.87. The van der Waals surface area contributed by atoms with Crippen LogP contribution in [0.15, 0.2) is 36.5 Å². The molecule has 3 nitrogen and oxygen atoms in total. The standard InChI is InChI=1S/C16H17ClN2O/c1-4-11-5-8-15(18-10-11)12-6-7-13(14(17)9-12)16(20)19(2)3/h5-10H,4H2,1-3H3. The maximum atomic E-state index is 11.9. The number of hydrogen-bond acceptors (Lipinski definition) is 2. The van der Waals surface area contributed by atoms with Crippen LogP contribution in [0.25, 0.3) is 11.3 Å². The number of benzene rings is 1. The van der Waals surface area contributed by atoms with Crippen molar-refractivity contribution in [1.82, 2.24) is 9.88 Å². The molecule has 1 amide bonds. The van der Waals surface area contributed by atoms with Gasteiger partial charge in [0.25, 0.3) is 5.91 Å². The highest BCUT2D eigenvalue weighted by atomic mass is 35.5. The summed E-state index contributed by atoms with van der Waals surface area (Å²) in [5.74, 6) is -0.101. The lowest BCUT2D eigenvalue weighted by Crippen LogP contribution is -2.21. The average molecular weight is 289 g/mol. The second-order valence-electron chi connectivity index (χ2n) is 4.80. The van der Waals surface area contributed by atoms with Crippen molar-refractivity contribution >= 4 is 17.5 Å². The molecule has 4 heteroatoms. The highest BCUT2D eigenvalue weighted by Crippen LogP contribution is 2.25. The fourth-order valence-corrected chi connectivity index (χ4v) is 2.15. The van der Waals surface area contributed by atoms with Crippen LogP contribution in [-0.2, 0) is 6.42 Å². The summed E-state index contributed by atoms with van der Waals surface area (Å²) < 4.78 is 0. The summed E-state index contributed by atoms with van der Waals surface area (Å²) in [6.07, 6.45) is 2.83. The van der Waals surface area contributed by atoms with Crippen molar-refractivity contribution < 1.29 is 4.79 Å². The molecule has 0 bridgehead atoms. The topological polar surface area (TPSA) is 33.2 Å². The molecule has 2 rings (SSSR count). The molecule has 20 heavy (non-hydrogen) atoms. The van der Waals surface area contributed by atoms with Crippen LogP contribution in [0.5, 0.6) is 0 Å². The van der Waals surface area contributed by atoms with Crippen LogP contribution in [0, 0.1) is 0 Å². The molecule has 2 aromatic rings. The number of carbonyl (C=O) groups is 1. The van der Waals surface area contributed by atoms with Gasteiger partial charge in [0.05, 0.1) is 16.3 Å². The fraction of sp³-hybridized carbons (Fsp3) is 0.250. The molecule has 0 atom stereocenters. The maximum Gasteiger partial charge on any atom is 0.254 e. The van der Waals surface area contributed by atoms with Crippen LogP contribution in [0.2, 0.25) is 5.02 Å². The molecule has 0 saturated carbocycles. The minimum Gasteiger partial charge on any atom is -0.345 e. The summed E-state index contributed by atoms with van der Waals surface area (Å²) in [7, 11) is 3.41. The van der Waals surface area contributed by atoms with Crippen molar-refractivity contribution in [3.05, 3.63) is 52.7 Å². The van der Waals surface area contributed by atoms with E-state index in [-0.39, 0.29) is 5.91 Å². The Labute approximate surface area is 124 Å². The normalized spacial score (nSPS) is 10.4. The second kappa shape index (κ2) is 6.06. The summed E-state index contributed by atoms with van der Waals surface area (Å²) in [5.41, 5.74) is 3.46. The summed E-state index contributed by atoms with van der Waals surface area (Å²) >= 11 is 6.20. The third-order valence-corrected chi connectivity index (χ3v) is 3.45. The smallest absolute Gasteiger partial charge is 0.254 e. The molecule has 1 aromatic heterocycles. The van der Waals surface area contributed by atoms with Crippen molar-refractivity contribution in [2.45, 2.75) is 13.3 Å². The van der Waals surface area contributed by atoms with Crippen molar-refractivity contribution in [2.75, 3.05) is 14.1 Å². The third kappa shape index (κ3) is 2.99. The lowest BCUT2D eigenvalue weighted by atomic mass is 10.1. The monoisotopic (exact) mass is 288 g/mol. The molecule has 0 saturated heterocycles. The number of halogens is 1. The van der Waals surface area contributed by atoms with Gasteiger partial charge in [0.1, 0.15) is 0 Å². The van der Waals surface area contributed by atoms with E-state index in [9.17, 15) is 4.79 Å². The van der Waals surface area contributed by atoms with Gasteiger partial charge in [-0.15, -0.1) is 0 Å². The van der Waals surface area contributed by atoms with Crippen molar-refractivity contribution in [3.8, 4) is 11.3 Å². The molecule has 0 aliphatic heterocycles. The van der Waals surface area contributed by atoms with Crippen molar-refractivity contribution in [1.29, 1.82) is 0 Å². The number of rotatable bonds is 3. The number of hydrogen-bond donors (Lipinski definition) is 0. The zero-order valence-electron chi connectivity index (χ0n) is 11.9. The number of amides is 1. The number of aryl methyl sites for hydroxylation is 1. The highest BCUT2D eigenvalue weighted by Gasteiger charge is 2.13. The molecule has 0 fully saturated rings. The van der Waals surface area contributed by atoms with Crippen LogP contribution < -0.4 is 0 Å². The van der Waals surface area contributed by atoms with Gasteiger partial charge < -0.3 is 4.90 Å². The summed E-state index contributed by atoms with van der Waals surface area (Å²) in [5, 5.41) is 0.447. The SMILES string of the molecule is CCc1ccc(-c2ccc(C(=O)N(C)C)c(Cl)c2)nc1. The molecular weight excluding hydrogens is 272 g/mol. The van der Waals surface area contributed by atoms with Gasteiger partial charge >= 0.3 is 0 Å². The Kier molecular flexibility index (Phi) is 4.40. The van der Waals surface area contributed by atoms with Gasteiger partial charge in [0.2, 0.25) is 0 Å². The Hall–Kier alpha value is -1.87. The molecule has 104 valence electrons. The minimum absolute atomic E-state index is 0.101. The third-order valence-electron chi connectivity index (χ3n) is 3.13. The first kappa shape index (κ1) is 14.5. The van der Waals surface area contributed by atoms with E-state index in [1.165, 1.54) is 10.5 Å².